The number of carboxylic acid groups (broad SMARTS) is 1. The van der Waals surface area contributed by atoms with Gasteiger partial charge in [-0.3, -0.25) is 4.79 Å². The van der Waals surface area contributed by atoms with Gasteiger partial charge < -0.3 is 19.0 Å². The van der Waals surface area contributed by atoms with Crippen molar-refractivity contribution in [2.24, 2.45) is 0 Å². The normalized spacial score (nSPS) is 12.0. The van der Waals surface area contributed by atoms with Crippen molar-refractivity contribution in [1.82, 2.24) is 9.97 Å². The second-order valence-corrected chi connectivity index (χ2v) is 7.94. The van der Waals surface area contributed by atoms with E-state index < -0.39 is 11.8 Å². The second-order valence-electron chi connectivity index (χ2n) is 7.94. The molecule has 0 unspecified atom stereocenters. The van der Waals surface area contributed by atoms with Crippen LogP contribution < -0.4 is 9.47 Å². The van der Waals surface area contributed by atoms with Gasteiger partial charge in [0.15, 0.2) is 0 Å². The van der Waals surface area contributed by atoms with Gasteiger partial charge in [-0.2, -0.15) is 0 Å². The van der Waals surface area contributed by atoms with Crippen LogP contribution in [0.2, 0.25) is 0 Å². The highest BCUT2D eigenvalue weighted by Gasteiger charge is 2.25. The molecule has 0 saturated heterocycles. The monoisotopic (exact) mass is 464 g/mol. The highest BCUT2D eigenvalue weighted by atomic mass is 19.1. The number of aromatic nitrogens is 2. The fraction of sp³-hybridized carbons (Fsp3) is 0.269. The molecule has 0 spiro atoms. The van der Waals surface area contributed by atoms with Crippen LogP contribution in [0.3, 0.4) is 0 Å². The van der Waals surface area contributed by atoms with Gasteiger partial charge in [-0.05, 0) is 56.0 Å². The Kier molecular flexibility index (Phi) is 7.06. The first-order valence-corrected chi connectivity index (χ1v) is 11.0. The Bertz CT molecular complexity index is 1290. The third kappa shape index (κ3) is 5.01. The average Bonchev–Trinajstić information content (AvgIpc) is 3.22. The number of hydrogen-bond acceptors (Lipinski definition) is 6. The van der Waals surface area contributed by atoms with Gasteiger partial charge in [0.05, 0.1) is 18.8 Å². The first-order valence-electron chi connectivity index (χ1n) is 11.0. The Morgan fingerprint density at radius 2 is 1.88 bits per heavy atom. The van der Waals surface area contributed by atoms with Crippen molar-refractivity contribution in [2.45, 2.75) is 38.7 Å². The molecular formula is C26H25FN2O5. The number of hydrogen-bond donors (Lipinski definition) is 1. The first-order chi connectivity index (χ1) is 16.5. The molecular weight excluding hydrogens is 439 g/mol. The van der Waals surface area contributed by atoms with Gasteiger partial charge in [0.1, 0.15) is 29.0 Å². The van der Waals surface area contributed by atoms with E-state index in [4.69, 9.17) is 19.0 Å². The molecule has 8 heteroatoms. The van der Waals surface area contributed by atoms with Gasteiger partial charge in [-0.15, -0.1) is 0 Å². The maximum Gasteiger partial charge on any atom is 0.303 e. The van der Waals surface area contributed by atoms with Crippen molar-refractivity contribution in [3.8, 4) is 34.1 Å². The molecule has 0 saturated carbocycles. The summed E-state index contributed by atoms with van der Waals surface area (Å²) in [6.45, 7) is 1.90. The SMILES string of the molecule is COc1ccc(-c2c(-c3ccccc3F)oc3ncnc(O[C@H](C)CCCCC(=O)O)c23)cc1. The predicted octanol–water partition coefficient (Wildman–Crippen LogP) is 6.12. The minimum atomic E-state index is -0.811. The van der Waals surface area contributed by atoms with Gasteiger partial charge in [0.25, 0.3) is 0 Å². The highest BCUT2D eigenvalue weighted by Crippen LogP contribution is 2.44. The molecule has 1 N–H and O–H groups in total. The van der Waals surface area contributed by atoms with Crippen molar-refractivity contribution in [3.05, 3.63) is 60.7 Å². The number of carboxylic acids is 1. The first kappa shape index (κ1) is 23.2. The maximum atomic E-state index is 14.8. The third-order valence-corrected chi connectivity index (χ3v) is 5.51. The fourth-order valence-electron chi connectivity index (χ4n) is 3.82. The molecule has 0 bridgehead atoms. The second kappa shape index (κ2) is 10.3. The van der Waals surface area contributed by atoms with Gasteiger partial charge in [0.2, 0.25) is 11.6 Å². The quantitative estimate of drug-likeness (QED) is 0.283. The van der Waals surface area contributed by atoms with E-state index in [0.717, 1.165) is 5.56 Å². The molecule has 2 heterocycles. The average molecular weight is 464 g/mol. The number of carbonyl (C=O) groups is 1. The number of nitrogens with zero attached hydrogens (tertiary/aromatic N) is 2. The number of fused-ring (bicyclic) bond motifs is 1. The number of aliphatic carboxylic acids is 1. The summed E-state index contributed by atoms with van der Waals surface area (Å²) in [5.41, 5.74) is 1.98. The molecule has 176 valence electrons. The van der Waals surface area contributed by atoms with Crippen LogP contribution in [-0.4, -0.2) is 34.3 Å². The summed E-state index contributed by atoms with van der Waals surface area (Å²) in [5, 5.41) is 9.37. The van der Waals surface area contributed by atoms with Crippen LogP contribution in [0, 0.1) is 5.82 Å². The molecule has 34 heavy (non-hydrogen) atoms. The Balaban J connectivity index is 1.78. The van der Waals surface area contributed by atoms with Crippen LogP contribution in [0.15, 0.2) is 59.3 Å². The molecule has 0 radical (unpaired) electrons. The summed E-state index contributed by atoms with van der Waals surface area (Å²) in [4.78, 5) is 19.4. The summed E-state index contributed by atoms with van der Waals surface area (Å²) >= 11 is 0. The number of rotatable bonds is 10. The Labute approximate surface area is 196 Å². The van der Waals surface area contributed by atoms with E-state index in [1.54, 1.807) is 25.3 Å². The van der Waals surface area contributed by atoms with E-state index >= 15 is 0 Å². The minimum Gasteiger partial charge on any atom is -0.497 e. The lowest BCUT2D eigenvalue weighted by molar-refractivity contribution is -0.137. The summed E-state index contributed by atoms with van der Waals surface area (Å²) in [7, 11) is 1.59. The molecule has 0 aliphatic carbocycles. The van der Waals surface area contributed by atoms with E-state index in [1.165, 1.54) is 12.4 Å². The molecule has 7 nitrogen and oxygen atoms in total. The summed E-state index contributed by atoms with van der Waals surface area (Å²) < 4.78 is 32.2. The summed E-state index contributed by atoms with van der Waals surface area (Å²) in [5.74, 6) is 0.116. The van der Waals surface area contributed by atoms with Crippen LogP contribution in [0.25, 0.3) is 33.6 Å². The van der Waals surface area contributed by atoms with Crippen LogP contribution >= 0.6 is 0 Å². The molecule has 1 atom stereocenters. The zero-order valence-electron chi connectivity index (χ0n) is 19.0. The zero-order valence-corrected chi connectivity index (χ0v) is 19.0. The number of ether oxygens (including phenoxy) is 2. The largest absolute Gasteiger partial charge is 0.497 e. The third-order valence-electron chi connectivity index (χ3n) is 5.51. The van der Waals surface area contributed by atoms with Crippen molar-refractivity contribution in [3.63, 3.8) is 0 Å². The van der Waals surface area contributed by atoms with Gasteiger partial charge in [0, 0.05) is 12.0 Å². The Hall–Kier alpha value is -3.94. The summed E-state index contributed by atoms with van der Waals surface area (Å²) in [6.07, 6.45) is 3.19. The van der Waals surface area contributed by atoms with E-state index in [-0.39, 0.29) is 18.2 Å². The lowest BCUT2D eigenvalue weighted by atomic mass is 9.99. The van der Waals surface area contributed by atoms with E-state index in [9.17, 15) is 9.18 Å². The number of unbranched alkanes of at least 4 members (excludes halogenated alkanes) is 1. The smallest absolute Gasteiger partial charge is 0.303 e. The molecule has 4 aromatic rings. The molecule has 2 aromatic heterocycles. The molecule has 0 amide bonds. The van der Waals surface area contributed by atoms with Crippen LogP contribution in [0.5, 0.6) is 11.6 Å². The van der Waals surface area contributed by atoms with Crippen LogP contribution in [0.4, 0.5) is 4.39 Å². The van der Waals surface area contributed by atoms with Crippen molar-refractivity contribution >= 4 is 17.1 Å². The molecule has 0 fully saturated rings. The van der Waals surface area contributed by atoms with Crippen molar-refractivity contribution in [2.75, 3.05) is 7.11 Å². The summed E-state index contributed by atoms with van der Waals surface area (Å²) in [6, 6.07) is 13.7. The molecule has 2 aromatic carbocycles. The van der Waals surface area contributed by atoms with E-state index in [2.05, 4.69) is 9.97 Å². The highest BCUT2D eigenvalue weighted by molar-refractivity contribution is 6.03. The molecule has 0 aliphatic rings. The van der Waals surface area contributed by atoms with Crippen LogP contribution in [0.1, 0.15) is 32.6 Å². The topological polar surface area (TPSA) is 94.7 Å². The Morgan fingerprint density at radius 3 is 2.59 bits per heavy atom. The number of furan rings is 1. The predicted molar refractivity (Wildman–Crippen MR) is 125 cm³/mol. The Morgan fingerprint density at radius 1 is 1.12 bits per heavy atom. The minimum absolute atomic E-state index is 0.125. The fourth-order valence-corrected chi connectivity index (χ4v) is 3.82. The van der Waals surface area contributed by atoms with Gasteiger partial charge in [-0.1, -0.05) is 24.3 Å². The lowest BCUT2D eigenvalue weighted by Gasteiger charge is -2.14. The van der Waals surface area contributed by atoms with Gasteiger partial charge in [-0.25, -0.2) is 14.4 Å². The van der Waals surface area contributed by atoms with Crippen molar-refractivity contribution in [1.29, 1.82) is 0 Å². The maximum absolute atomic E-state index is 14.8. The molecule has 0 aliphatic heterocycles. The number of benzene rings is 2. The number of halogens is 1. The number of methoxy groups -OCH3 is 1. The van der Waals surface area contributed by atoms with Crippen LogP contribution in [-0.2, 0) is 4.79 Å². The zero-order chi connectivity index (χ0) is 24.1. The van der Waals surface area contributed by atoms with E-state index in [1.807, 2.05) is 31.2 Å². The van der Waals surface area contributed by atoms with Gasteiger partial charge >= 0.3 is 5.97 Å². The molecule has 4 rings (SSSR count). The standard InChI is InChI=1S/C26H25FN2O5/c1-16(7-3-6-10-21(30)31)33-25-23-22(17-11-13-18(32-2)14-12-17)24(34-26(23)29-15-28-25)19-8-4-5-9-20(19)27/h4-5,8-9,11-16H,3,6-7,10H2,1-2H3,(H,30,31)/t16-/m1/s1. The van der Waals surface area contributed by atoms with E-state index in [0.29, 0.717) is 53.2 Å². The lowest BCUT2D eigenvalue weighted by Crippen LogP contribution is -2.13. The van der Waals surface area contributed by atoms with Crippen molar-refractivity contribution < 1.29 is 28.2 Å².